The summed E-state index contributed by atoms with van der Waals surface area (Å²) in [5, 5.41) is 2.51. The van der Waals surface area contributed by atoms with E-state index in [-0.39, 0.29) is 18.4 Å². The molecule has 1 fully saturated rings. The molecule has 92 valence electrons. The van der Waals surface area contributed by atoms with Crippen molar-refractivity contribution in [3.63, 3.8) is 0 Å². The molecule has 16 heavy (non-hydrogen) atoms. The Labute approximate surface area is 96.4 Å². The van der Waals surface area contributed by atoms with Crippen LogP contribution in [0.5, 0.6) is 0 Å². The van der Waals surface area contributed by atoms with Crippen LogP contribution in [-0.4, -0.2) is 42.4 Å². The van der Waals surface area contributed by atoms with Crippen molar-refractivity contribution in [2.24, 2.45) is 5.73 Å². The van der Waals surface area contributed by atoms with E-state index in [2.05, 4.69) is 5.32 Å². The Morgan fingerprint density at radius 2 is 1.94 bits per heavy atom. The lowest BCUT2D eigenvalue weighted by Gasteiger charge is -2.30. The molecule has 0 aliphatic heterocycles. The third kappa shape index (κ3) is 2.72. The minimum atomic E-state index is -0.732. The van der Waals surface area contributed by atoms with Crippen molar-refractivity contribution in [2.75, 3.05) is 20.1 Å². The normalized spacial score (nSPS) is 18.2. The Bertz CT molecular complexity index is 272. The van der Waals surface area contributed by atoms with Crippen LogP contribution < -0.4 is 11.1 Å². The second-order valence-corrected chi connectivity index (χ2v) is 4.36. The summed E-state index contributed by atoms with van der Waals surface area (Å²) < 4.78 is 0. The van der Waals surface area contributed by atoms with Gasteiger partial charge in [-0.15, -0.1) is 0 Å². The summed E-state index contributed by atoms with van der Waals surface area (Å²) in [4.78, 5) is 25.0. The minimum Gasteiger partial charge on any atom is -0.358 e. The number of carbonyl (C=O) groups is 2. The fourth-order valence-corrected chi connectivity index (χ4v) is 2.11. The SMILES string of the molecule is CCN(CC(=O)NC)C(=O)C1(N)CCCC1. The van der Waals surface area contributed by atoms with Crippen molar-refractivity contribution in [2.45, 2.75) is 38.1 Å². The van der Waals surface area contributed by atoms with Gasteiger partial charge >= 0.3 is 0 Å². The predicted octanol–water partition coefficient (Wildman–Crippen LogP) is -0.148. The molecule has 0 spiro atoms. The van der Waals surface area contributed by atoms with Crippen LogP contribution >= 0.6 is 0 Å². The monoisotopic (exact) mass is 227 g/mol. The Kier molecular flexibility index (Phi) is 4.29. The Morgan fingerprint density at radius 1 is 1.38 bits per heavy atom. The van der Waals surface area contributed by atoms with E-state index in [0.717, 1.165) is 25.7 Å². The van der Waals surface area contributed by atoms with E-state index in [1.807, 2.05) is 6.92 Å². The van der Waals surface area contributed by atoms with Crippen LogP contribution in [0.1, 0.15) is 32.6 Å². The van der Waals surface area contributed by atoms with E-state index in [9.17, 15) is 9.59 Å². The number of nitrogens with zero attached hydrogens (tertiary/aromatic N) is 1. The van der Waals surface area contributed by atoms with Gasteiger partial charge in [-0.1, -0.05) is 12.8 Å². The second kappa shape index (κ2) is 5.30. The third-order valence-electron chi connectivity index (χ3n) is 3.20. The number of nitrogens with one attached hydrogen (secondary N) is 1. The first-order chi connectivity index (χ1) is 7.53. The molecule has 1 aliphatic rings. The van der Waals surface area contributed by atoms with E-state index >= 15 is 0 Å². The molecule has 0 aromatic carbocycles. The predicted molar refractivity (Wildman–Crippen MR) is 61.7 cm³/mol. The van der Waals surface area contributed by atoms with Crippen molar-refractivity contribution in [1.29, 1.82) is 0 Å². The zero-order chi connectivity index (χ0) is 12.2. The largest absolute Gasteiger partial charge is 0.358 e. The van der Waals surface area contributed by atoms with Crippen LogP contribution in [0.3, 0.4) is 0 Å². The summed E-state index contributed by atoms with van der Waals surface area (Å²) in [6.07, 6.45) is 3.46. The zero-order valence-electron chi connectivity index (χ0n) is 10.1. The minimum absolute atomic E-state index is 0.0869. The molecular weight excluding hydrogens is 206 g/mol. The lowest BCUT2D eigenvalue weighted by molar-refractivity contribution is -0.140. The quantitative estimate of drug-likeness (QED) is 0.701. The van der Waals surface area contributed by atoms with Gasteiger partial charge in [0.15, 0.2) is 0 Å². The van der Waals surface area contributed by atoms with Crippen LogP contribution in [0.15, 0.2) is 0 Å². The molecular formula is C11H21N3O2. The molecule has 3 N–H and O–H groups in total. The van der Waals surface area contributed by atoms with Crippen molar-refractivity contribution < 1.29 is 9.59 Å². The van der Waals surface area contributed by atoms with Gasteiger partial charge in [-0.2, -0.15) is 0 Å². The molecule has 0 saturated heterocycles. The van der Waals surface area contributed by atoms with E-state index < -0.39 is 5.54 Å². The Morgan fingerprint density at radius 3 is 2.38 bits per heavy atom. The first-order valence-electron chi connectivity index (χ1n) is 5.82. The highest BCUT2D eigenvalue weighted by molar-refractivity contribution is 5.90. The molecule has 1 rings (SSSR count). The molecule has 0 radical (unpaired) electrons. The number of amides is 2. The first-order valence-corrected chi connectivity index (χ1v) is 5.82. The van der Waals surface area contributed by atoms with E-state index in [1.54, 1.807) is 7.05 Å². The average molecular weight is 227 g/mol. The van der Waals surface area contributed by atoms with Gasteiger partial charge in [0, 0.05) is 13.6 Å². The fourth-order valence-electron chi connectivity index (χ4n) is 2.11. The van der Waals surface area contributed by atoms with Gasteiger partial charge in [-0.25, -0.2) is 0 Å². The van der Waals surface area contributed by atoms with Crippen molar-refractivity contribution in [1.82, 2.24) is 10.2 Å². The zero-order valence-corrected chi connectivity index (χ0v) is 10.1. The maximum Gasteiger partial charge on any atom is 0.243 e. The molecule has 1 aliphatic carbocycles. The van der Waals surface area contributed by atoms with Gasteiger partial charge in [0.2, 0.25) is 11.8 Å². The van der Waals surface area contributed by atoms with Crippen LogP contribution in [0, 0.1) is 0 Å². The lowest BCUT2D eigenvalue weighted by Crippen LogP contribution is -2.55. The van der Waals surface area contributed by atoms with Crippen LogP contribution in [0.4, 0.5) is 0 Å². The summed E-state index contributed by atoms with van der Waals surface area (Å²) in [6.45, 7) is 2.48. The number of carbonyl (C=O) groups excluding carboxylic acids is 2. The van der Waals surface area contributed by atoms with Crippen LogP contribution in [-0.2, 0) is 9.59 Å². The van der Waals surface area contributed by atoms with Crippen molar-refractivity contribution in [3.05, 3.63) is 0 Å². The van der Waals surface area contributed by atoms with E-state index in [1.165, 1.54) is 4.90 Å². The third-order valence-corrected chi connectivity index (χ3v) is 3.20. The number of hydrogen-bond donors (Lipinski definition) is 2. The lowest BCUT2D eigenvalue weighted by atomic mass is 9.97. The highest BCUT2D eigenvalue weighted by Gasteiger charge is 2.39. The molecule has 0 unspecified atom stereocenters. The molecule has 0 atom stereocenters. The van der Waals surface area contributed by atoms with E-state index in [4.69, 9.17) is 5.73 Å². The van der Waals surface area contributed by atoms with Crippen LogP contribution in [0.2, 0.25) is 0 Å². The standard InChI is InChI=1S/C11H21N3O2/c1-3-14(8-9(15)13-2)10(16)11(12)6-4-5-7-11/h3-8,12H2,1-2H3,(H,13,15). The van der Waals surface area contributed by atoms with Gasteiger partial charge in [-0.3, -0.25) is 9.59 Å². The summed E-state index contributed by atoms with van der Waals surface area (Å²) in [5.74, 6) is -0.243. The molecule has 5 nitrogen and oxygen atoms in total. The Hall–Kier alpha value is -1.10. The second-order valence-electron chi connectivity index (χ2n) is 4.36. The van der Waals surface area contributed by atoms with Gasteiger partial charge in [0.05, 0.1) is 12.1 Å². The van der Waals surface area contributed by atoms with Crippen molar-refractivity contribution >= 4 is 11.8 Å². The smallest absolute Gasteiger partial charge is 0.243 e. The van der Waals surface area contributed by atoms with Crippen LogP contribution in [0.25, 0.3) is 0 Å². The average Bonchev–Trinajstić information content (AvgIpc) is 2.73. The first kappa shape index (κ1) is 13.0. The summed E-state index contributed by atoms with van der Waals surface area (Å²) in [5.41, 5.74) is 5.34. The number of rotatable bonds is 4. The highest BCUT2D eigenvalue weighted by atomic mass is 16.2. The molecule has 0 bridgehead atoms. The molecule has 1 saturated carbocycles. The number of nitrogens with two attached hydrogens (primary N) is 1. The topological polar surface area (TPSA) is 75.4 Å². The molecule has 5 heteroatoms. The maximum absolute atomic E-state index is 12.2. The summed E-state index contributed by atoms with van der Waals surface area (Å²) in [7, 11) is 1.56. The highest BCUT2D eigenvalue weighted by Crippen LogP contribution is 2.28. The van der Waals surface area contributed by atoms with Gasteiger partial charge in [0.25, 0.3) is 0 Å². The van der Waals surface area contributed by atoms with Gasteiger partial charge < -0.3 is 16.0 Å². The molecule has 2 amide bonds. The molecule has 0 aromatic rings. The summed E-state index contributed by atoms with van der Waals surface area (Å²) >= 11 is 0. The van der Waals surface area contributed by atoms with Gasteiger partial charge in [0.1, 0.15) is 0 Å². The molecule has 0 aromatic heterocycles. The molecule has 0 heterocycles. The number of likely N-dealkylation sites (N-methyl/N-ethyl adjacent to an activating group) is 2. The van der Waals surface area contributed by atoms with Gasteiger partial charge in [-0.05, 0) is 19.8 Å². The Balaban J connectivity index is 2.65. The van der Waals surface area contributed by atoms with Crippen molar-refractivity contribution in [3.8, 4) is 0 Å². The fraction of sp³-hybridized carbons (Fsp3) is 0.818. The summed E-state index contributed by atoms with van der Waals surface area (Å²) in [6, 6.07) is 0. The number of hydrogen-bond acceptors (Lipinski definition) is 3. The maximum atomic E-state index is 12.2. The van der Waals surface area contributed by atoms with E-state index in [0.29, 0.717) is 6.54 Å².